The number of rotatable bonds is 5. The second-order valence-corrected chi connectivity index (χ2v) is 7.73. The first-order valence-electron chi connectivity index (χ1n) is 7.79. The van der Waals surface area contributed by atoms with Crippen LogP contribution in [0.15, 0.2) is 47.4 Å². The number of benzene rings is 2. The number of hydrogen-bond donors (Lipinski definition) is 2. The van der Waals surface area contributed by atoms with Gasteiger partial charge in [-0.3, -0.25) is 10.1 Å². The molecule has 1 fully saturated rings. The van der Waals surface area contributed by atoms with Crippen molar-refractivity contribution in [2.75, 3.05) is 24.1 Å². The zero-order chi connectivity index (χ0) is 18.0. The first-order chi connectivity index (χ1) is 11.9. The lowest BCUT2D eigenvalue weighted by Crippen LogP contribution is -2.27. The molecule has 1 saturated heterocycles. The van der Waals surface area contributed by atoms with Gasteiger partial charge in [0.2, 0.25) is 10.0 Å². The summed E-state index contributed by atoms with van der Waals surface area (Å²) in [6.45, 7) is 0.892. The van der Waals surface area contributed by atoms with Gasteiger partial charge in [0.25, 0.3) is 5.69 Å². The fraction of sp³-hybridized carbons (Fsp3) is 0.250. The van der Waals surface area contributed by atoms with E-state index in [1.807, 2.05) is 0 Å². The van der Waals surface area contributed by atoms with Crippen LogP contribution in [0.5, 0.6) is 0 Å². The third-order valence-electron chi connectivity index (χ3n) is 4.06. The number of nitrogen functional groups attached to an aromatic ring is 1. The van der Waals surface area contributed by atoms with Crippen molar-refractivity contribution in [3.05, 3.63) is 52.6 Å². The Hall–Kier alpha value is -2.65. The van der Waals surface area contributed by atoms with E-state index in [1.165, 1.54) is 16.4 Å². The molecule has 25 heavy (non-hydrogen) atoms. The van der Waals surface area contributed by atoms with E-state index in [-0.39, 0.29) is 16.3 Å². The monoisotopic (exact) mass is 362 g/mol. The van der Waals surface area contributed by atoms with E-state index < -0.39 is 14.9 Å². The number of nitro groups is 1. The van der Waals surface area contributed by atoms with Gasteiger partial charge >= 0.3 is 0 Å². The molecule has 0 aromatic heterocycles. The van der Waals surface area contributed by atoms with E-state index in [4.69, 9.17) is 5.73 Å². The summed E-state index contributed by atoms with van der Waals surface area (Å²) in [4.78, 5) is 10.7. The predicted molar refractivity (Wildman–Crippen MR) is 95.2 cm³/mol. The number of nitro benzene ring substituents is 1. The Morgan fingerprint density at radius 2 is 1.72 bits per heavy atom. The molecule has 3 rings (SSSR count). The maximum atomic E-state index is 12.6. The number of sulfonamides is 1. The maximum Gasteiger partial charge on any atom is 0.294 e. The highest BCUT2D eigenvalue weighted by Crippen LogP contribution is 2.32. The Kier molecular flexibility index (Phi) is 4.60. The Morgan fingerprint density at radius 3 is 2.32 bits per heavy atom. The van der Waals surface area contributed by atoms with Crippen LogP contribution in [0.3, 0.4) is 0 Å². The third-order valence-corrected chi connectivity index (χ3v) is 5.95. The van der Waals surface area contributed by atoms with Crippen LogP contribution >= 0.6 is 0 Å². The average Bonchev–Trinajstić information content (AvgIpc) is 3.12. The quantitative estimate of drug-likeness (QED) is 0.479. The minimum absolute atomic E-state index is 0.0658. The third kappa shape index (κ3) is 3.57. The average molecular weight is 362 g/mol. The summed E-state index contributed by atoms with van der Waals surface area (Å²) in [6.07, 6.45) is 1.61. The van der Waals surface area contributed by atoms with Crippen molar-refractivity contribution in [3.63, 3.8) is 0 Å². The highest BCUT2D eigenvalue weighted by atomic mass is 32.2. The van der Waals surface area contributed by atoms with Crippen LogP contribution in [-0.4, -0.2) is 30.7 Å². The number of nitrogens with two attached hydrogens (primary N) is 1. The fourth-order valence-electron chi connectivity index (χ4n) is 2.73. The Morgan fingerprint density at radius 1 is 1.08 bits per heavy atom. The van der Waals surface area contributed by atoms with Gasteiger partial charge in [-0.15, -0.1) is 0 Å². The molecule has 2 aromatic carbocycles. The van der Waals surface area contributed by atoms with Gasteiger partial charge in [0.1, 0.15) is 5.69 Å². The Labute approximate surface area is 145 Å². The van der Waals surface area contributed by atoms with Gasteiger partial charge in [-0.25, -0.2) is 8.42 Å². The van der Waals surface area contributed by atoms with E-state index in [1.54, 1.807) is 24.3 Å². The lowest BCUT2D eigenvalue weighted by Gasteiger charge is -2.16. The summed E-state index contributed by atoms with van der Waals surface area (Å²) in [5.41, 5.74) is 6.74. The van der Waals surface area contributed by atoms with Gasteiger partial charge in [-0.1, -0.05) is 0 Å². The molecule has 0 bridgehead atoms. The molecule has 0 unspecified atom stereocenters. The lowest BCUT2D eigenvalue weighted by atomic mass is 10.2. The van der Waals surface area contributed by atoms with Crippen LogP contribution in [0, 0.1) is 10.1 Å². The molecule has 0 atom stereocenters. The molecule has 132 valence electrons. The minimum atomic E-state index is -3.71. The summed E-state index contributed by atoms with van der Waals surface area (Å²) < 4.78 is 26.5. The molecular weight excluding hydrogens is 344 g/mol. The van der Waals surface area contributed by atoms with Crippen LogP contribution in [0.1, 0.15) is 12.8 Å². The highest BCUT2D eigenvalue weighted by molar-refractivity contribution is 7.89. The van der Waals surface area contributed by atoms with Crippen molar-refractivity contribution >= 4 is 32.8 Å². The SMILES string of the molecule is Nc1ccc(Nc2ccc(S(=O)(=O)N3CCCC3)cc2[N+](=O)[O-])cc1. The van der Waals surface area contributed by atoms with Crippen molar-refractivity contribution in [3.8, 4) is 0 Å². The van der Waals surface area contributed by atoms with Crippen molar-refractivity contribution in [2.24, 2.45) is 0 Å². The molecule has 0 amide bonds. The van der Waals surface area contributed by atoms with E-state index in [0.29, 0.717) is 24.5 Å². The van der Waals surface area contributed by atoms with Crippen LogP contribution in [-0.2, 0) is 10.0 Å². The first kappa shape index (κ1) is 17.2. The fourth-order valence-corrected chi connectivity index (χ4v) is 4.27. The van der Waals surface area contributed by atoms with Gasteiger partial charge < -0.3 is 11.1 Å². The van der Waals surface area contributed by atoms with Crippen LogP contribution in [0.4, 0.5) is 22.7 Å². The van der Waals surface area contributed by atoms with Gasteiger partial charge in [-0.05, 0) is 49.2 Å². The van der Waals surface area contributed by atoms with E-state index in [2.05, 4.69) is 5.32 Å². The van der Waals surface area contributed by atoms with Crippen molar-refractivity contribution in [1.29, 1.82) is 0 Å². The second-order valence-electron chi connectivity index (χ2n) is 5.79. The molecule has 1 aliphatic rings. The Balaban J connectivity index is 1.95. The van der Waals surface area contributed by atoms with Gasteiger partial charge in [0.15, 0.2) is 0 Å². The molecule has 9 heteroatoms. The number of hydrogen-bond acceptors (Lipinski definition) is 6. The number of nitrogens with zero attached hydrogens (tertiary/aromatic N) is 2. The van der Waals surface area contributed by atoms with E-state index in [9.17, 15) is 18.5 Å². The molecule has 0 spiro atoms. The van der Waals surface area contributed by atoms with E-state index in [0.717, 1.165) is 18.9 Å². The molecule has 1 aliphatic heterocycles. The minimum Gasteiger partial charge on any atom is -0.399 e. The van der Waals surface area contributed by atoms with Gasteiger partial charge in [0.05, 0.1) is 9.82 Å². The first-order valence-corrected chi connectivity index (χ1v) is 9.23. The van der Waals surface area contributed by atoms with Crippen molar-refractivity contribution in [2.45, 2.75) is 17.7 Å². The Bertz CT molecular complexity index is 891. The number of nitrogens with one attached hydrogen (secondary N) is 1. The summed E-state index contributed by atoms with van der Waals surface area (Å²) in [7, 11) is -3.71. The molecule has 1 heterocycles. The summed E-state index contributed by atoms with van der Waals surface area (Å²) in [5.74, 6) is 0. The van der Waals surface area contributed by atoms with Crippen molar-refractivity contribution in [1.82, 2.24) is 4.31 Å². The van der Waals surface area contributed by atoms with Crippen LogP contribution in [0.2, 0.25) is 0 Å². The van der Waals surface area contributed by atoms with Crippen molar-refractivity contribution < 1.29 is 13.3 Å². The molecule has 0 aliphatic carbocycles. The highest BCUT2D eigenvalue weighted by Gasteiger charge is 2.29. The normalized spacial score (nSPS) is 15.2. The molecule has 0 radical (unpaired) electrons. The summed E-state index contributed by atoms with van der Waals surface area (Å²) >= 11 is 0. The molecule has 8 nitrogen and oxygen atoms in total. The number of anilines is 3. The second kappa shape index (κ2) is 6.69. The zero-order valence-corrected chi connectivity index (χ0v) is 14.2. The molecule has 0 saturated carbocycles. The predicted octanol–water partition coefficient (Wildman–Crippen LogP) is 2.71. The molecule has 3 N–H and O–H groups in total. The van der Waals surface area contributed by atoms with Gasteiger partial charge in [-0.2, -0.15) is 4.31 Å². The summed E-state index contributed by atoms with van der Waals surface area (Å²) in [6, 6.07) is 10.6. The van der Waals surface area contributed by atoms with Crippen LogP contribution < -0.4 is 11.1 Å². The molecule has 2 aromatic rings. The zero-order valence-electron chi connectivity index (χ0n) is 13.4. The smallest absolute Gasteiger partial charge is 0.294 e. The topological polar surface area (TPSA) is 119 Å². The van der Waals surface area contributed by atoms with E-state index >= 15 is 0 Å². The van der Waals surface area contributed by atoms with Gasteiger partial charge in [0, 0.05) is 30.5 Å². The largest absolute Gasteiger partial charge is 0.399 e. The summed E-state index contributed by atoms with van der Waals surface area (Å²) in [5, 5.41) is 14.3. The maximum absolute atomic E-state index is 12.6. The standard InChI is InChI=1S/C16H18N4O4S/c17-12-3-5-13(6-4-12)18-15-8-7-14(11-16(15)20(21)22)25(23,24)19-9-1-2-10-19/h3-8,11,18H,1-2,9-10,17H2. The lowest BCUT2D eigenvalue weighted by molar-refractivity contribution is -0.384. The molecular formula is C16H18N4O4S. The van der Waals surface area contributed by atoms with Crippen LogP contribution in [0.25, 0.3) is 0 Å².